The van der Waals surface area contributed by atoms with Gasteiger partial charge in [-0.05, 0) is 68.5 Å². The van der Waals surface area contributed by atoms with Gasteiger partial charge in [0.25, 0.3) is 0 Å². The zero-order valence-electron chi connectivity index (χ0n) is 17.9. The first-order chi connectivity index (χ1) is 14.3. The van der Waals surface area contributed by atoms with E-state index in [0.29, 0.717) is 13.0 Å². The fraction of sp³-hybridized carbons (Fsp3) is 0.375. The number of hydrogen-bond donors (Lipinski definition) is 2. The van der Waals surface area contributed by atoms with Gasteiger partial charge in [0.2, 0.25) is 5.91 Å². The summed E-state index contributed by atoms with van der Waals surface area (Å²) in [5.74, 6) is -0.832. The Morgan fingerprint density at radius 3 is 2.57 bits per heavy atom. The highest BCUT2D eigenvalue weighted by molar-refractivity contribution is 5.81. The third kappa shape index (κ3) is 5.26. The third-order valence-electron chi connectivity index (χ3n) is 5.38. The quantitative estimate of drug-likeness (QED) is 0.520. The number of pyridine rings is 1. The minimum absolute atomic E-state index is 0.0549. The van der Waals surface area contributed by atoms with E-state index in [9.17, 15) is 9.59 Å². The summed E-state index contributed by atoms with van der Waals surface area (Å²) >= 11 is 0. The number of carbonyl (C=O) groups excluding carboxylic acids is 1. The molecule has 0 unspecified atom stereocenters. The molecule has 30 heavy (non-hydrogen) atoms. The molecule has 0 aliphatic heterocycles. The highest BCUT2D eigenvalue weighted by atomic mass is 16.4. The van der Waals surface area contributed by atoms with Crippen molar-refractivity contribution < 1.29 is 14.7 Å². The summed E-state index contributed by atoms with van der Waals surface area (Å²) in [4.78, 5) is 28.0. The molecular weight excluding hydrogens is 378 g/mol. The Morgan fingerprint density at radius 1 is 1.03 bits per heavy atom. The fourth-order valence-corrected chi connectivity index (χ4v) is 3.51. The summed E-state index contributed by atoms with van der Waals surface area (Å²) in [6, 6.07) is 10.3. The van der Waals surface area contributed by atoms with E-state index < -0.39 is 5.97 Å². The van der Waals surface area contributed by atoms with Crippen LogP contribution in [0, 0.1) is 20.8 Å². The van der Waals surface area contributed by atoms with Crippen molar-refractivity contribution in [2.75, 3.05) is 6.54 Å². The van der Waals surface area contributed by atoms with Crippen molar-refractivity contribution >= 4 is 17.5 Å². The lowest BCUT2D eigenvalue weighted by Gasteiger charge is -2.09. The van der Waals surface area contributed by atoms with Gasteiger partial charge in [-0.2, -0.15) is 0 Å². The van der Waals surface area contributed by atoms with Crippen LogP contribution in [0.5, 0.6) is 0 Å². The maximum atomic E-state index is 12.6. The number of benzene rings is 1. The first-order valence-electron chi connectivity index (χ1n) is 10.4. The van der Waals surface area contributed by atoms with Gasteiger partial charge in [-0.3, -0.25) is 9.59 Å². The van der Waals surface area contributed by atoms with Crippen molar-refractivity contribution in [3.8, 4) is 11.3 Å². The second-order valence-electron chi connectivity index (χ2n) is 7.87. The van der Waals surface area contributed by atoms with Crippen LogP contribution in [0.2, 0.25) is 0 Å². The number of carbonyl (C=O) groups is 2. The largest absolute Gasteiger partial charge is 0.481 e. The Morgan fingerprint density at radius 2 is 1.83 bits per heavy atom. The molecule has 0 bridgehead atoms. The van der Waals surface area contributed by atoms with Crippen LogP contribution < -0.4 is 5.32 Å². The van der Waals surface area contributed by atoms with E-state index in [2.05, 4.69) is 37.4 Å². The number of nitrogens with one attached hydrogen (secondary N) is 1. The van der Waals surface area contributed by atoms with Crippen LogP contribution in [0.4, 0.5) is 0 Å². The molecule has 0 atom stereocenters. The van der Waals surface area contributed by atoms with Crippen LogP contribution in [0.3, 0.4) is 0 Å². The Balaban J connectivity index is 1.77. The van der Waals surface area contributed by atoms with Crippen LogP contribution in [-0.2, 0) is 16.0 Å². The van der Waals surface area contributed by atoms with Crippen molar-refractivity contribution in [1.82, 2.24) is 14.7 Å². The number of aryl methyl sites for hydroxylation is 3. The van der Waals surface area contributed by atoms with Gasteiger partial charge < -0.3 is 14.8 Å². The average molecular weight is 408 g/mol. The van der Waals surface area contributed by atoms with E-state index in [1.54, 1.807) is 0 Å². The maximum absolute atomic E-state index is 12.6. The van der Waals surface area contributed by atoms with Gasteiger partial charge in [-0.25, -0.2) is 4.98 Å². The number of hydrogen-bond acceptors (Lipinski definition) is 3. The molecule has 0 radical (unpaired) electrons. The van der Waals surface area contributed by atoms with Gasteiger partial charge in [0.1, 0.15) is 5.65 Å². The van der Waals surface area contributed by atoms with Crippen LogP contribution >= 0.6 is 0 Å². The molecule has 0 aliphatic carbocycles. The molecule has 0 aliphatic rings. The second-order valence-corrected chi connectivity index (χ2v) is 7.87. The molecule has 1 amide bonds. The number of rotatable bonds is 9. The number of carboxylic acids is 1. The first kappa shape index (κ1) is 21.6. The smallest absolute Gasteiger partial charge is 0.303 e. The van der Waals surface area contributed by atoms with Crippen molar-refractivity contribution in [2.45, 2.75) is 52.9 Å². The van der Waals surface area contributed by atoms with Crippen molar-refractivity contribution in [1.29, 1.82) is 0 Å². The molecule has 0 saturated carbocycles. The Hall–Kier alpha value is -3.15. The van der Waals surface area contributed by atoms with E-state index in [-0.39, 0.29) is 18.7 Å². The molecule has 6 nitrogen and oxygen atoms in total. The van der Waals surface area contributed by atoms with Gasteiger partial charge in [0.15, 0.2) is 0 Å². The summed E-state index contributed by atoms with van der Waals surface area (Å²) < 4.78 is 1.99. The van der Waals surface area contributed by atoms with Crippen molar-refractivity contribution in [3.63, 3.8) is 0 Å². The van der Waals surface area contributed by atoms with Gasteiger partial charge >= 0.3 is 5.97 Å². The van der Waals surface area contributed by atoms with Gasteiger partial charge in [-0.15, -0.1) is 0 Å². The maximum Gasteiger partial charge on any atom is 0.303 e. The number of aliphatic carboxylic acids is 1. The summed E-state index contributed by atoms with van der Waals surface area (Å²) in [5.41, 5.74) is 7.09. The summed E-state index contributed by atoms with van der Waals surface area (Å²) in [6.07, 6.45) is 4.58. The zero-order valence-corrected chi connectivity index (χ0v) is 17.9. The number of nitrogens with zero attached hydrogens (tertiary/aromatic N) is 2. The SMILES string of the molecule is Cc1ccn2c(CC(=O)NCCCCCC(=O)O)c(-c3ccc(C)c(C)c3)nc2c1. The standard InChI is InChI=1S/C24H29N3O3/c1-16-10-12-27-20(15-22(28)25-11-6-4-5-7-23(29)30)24(26-21(27)13-16)19-9-8-17(2)18(3)14-19/h8-10,12-14H,4-7,11,15H2,1-3H3,(H,25,28)(H,29,30). The normalized spacial score (nSPS) is 11.0. The Labute approximate surface area is 177 Å². The molecule has 0 saturated heterocycles. The molecular formula is C24H29N3O3. The van der Waals surface area contributed by atoms with E-state index in [0.717, 1.165) is 41.0 Å². The van der Waals surface area contributed by atoms with Crippen LogP contribution in [0.1, 0.15) is 48.1 Å². The van der Waals surface area contributed by atoms with Crippen LogP contribution in [0.15, 0.2) is 36.5 Å². The monoisotopic (exact) mass is 407 g/mol. The van der Waals surface area contributed by atoms with E-state index in [1.165, 1.54) is 11.1 Å². The average Bonchev–Trinajstić information content (AvgIpc) is 3.03. The Bertz CT molecular complexity index is 1070. The molecule has 6 heteroatoms. The predicted molar refractivity (Wildman–Crippen MR) is 118 cm³/mol. The lowest BCUT2D eigenvalue weighted by Crippen LogP contribution is -2.26. The highest BCUT2D eigenvalue weighted by Crippen LogP contribution is 2.27. The van der Waals surface area contributed by atoms with E-state index in [4.69, 9.17) is 10.1 Å². The lowest BCUT2D eigenvalue weighted by atomic mass is 10.0. The number of fused-ring (bicyclic) bond motifs is 1. The zero-order chi connectivity index (χ0) is 21.7. The number of carboxylic acid groups (broad SMARTS) is 1. The number of imidazole rings is 1. The van der Waals surface area contributed by atoms with E-state index in [1.807, 2.05) is 29.7 Å². The number of unbranched alkanes of at least 4 members (excludes halogenated alkanes) is 2. The van der Waals surface area contributed by atoms with Crippen molar-refractivity contribution in [3.05, 3.63) is 58.9 Å². The van der Waals surface area contributed by atoms with Crippen molar-refractivity contribution in [2.24, 2.45) is 0 Å². The van der Waals surface area contributed by atoms with Gasteiger partial charge in [0, 0.05) is 24.7 Å². The molecule has 0 fully saturated rings. The summed E-state index contributed by atoms with van der Waals surface area (Å²) in [7, 11) is 0. The van der Waals surface area contributed by atoms with Crippen LogP contribution in [-0.4, -0.2) is 32.9 Å². The highest BCUT2D eigenvalue weighted by Gasteiger charge is 2.17. The first-order valence-corrected chi connectivity index (χ1v) is 10.4. The summed E-state index contributed by atoms with van der Waals surface area (Å²) in [5, 5.41) is 11.6. The third-order valence-corrected chi connectivity index (χ3v) is 5.38. The minimum atomic E-state index is -0.777. The number of amides is 1. The summed E-state index contributed by atoms with van der Waals surface area (Å²) in [6.45, 7) is 6.74. The fourth-order valence-electron chi connectivity index (χ4n) is 3.51. The minimum Gasteiger partial charge on any atom is -0.481 e. The Kier molecular flexibility index (Phi) is 6.87. The predicted octanol–water partition coefficient (Wildman–Crippen LogP) is 4.23. The topological polar surface area (TPSA) is 83.7 Å². The molecule has 3 aromatic rings. The van der Waals surface area contributed by atoms with Gasteiger partial charge in [0.05, 0.1) is 17.8 Å². The molecule has 2 heterocycles. The molecule has 0 spiro atoms. The molecule has 3 rings (SSSR count). The lowest BCUT2D eigenvalue weighted by molar-refractivity contribution is -0.137. The number of aromatic nitrogens is 2. The van der Waals surface area contributed by atoms with Crippen LogP contribution in [0.25, 0.3) is 16.9 Å². The molecule has 2 N–H and O–H groups in total. The molecule has 158 valence electrons. The molecule has 2 aromatic heterocycles. The second kappa shape index (κ2) is 9.57. The molecule has 1 aromatic carbocycles. The van der Waals surface area contributed by atoms with Gasteiger partial charge in [-0.1, -0.05) is 18.6 Å². The van der Waals surface area contributed by atoms with E-state index >= 15 is 0 Å².